The summed E-state index contributed by atoms with van der Waals surface area (Å²) >= 11 is 12.0. The number of carbonyl (C=O) groups is 2. The first-order chi connectivity index (χ1) is 12.8. The third kappa shape index (κ3) is 6.38. The van der Waals surface area contributed by atoms with Crippen LogP contribution in [0.4, 0.5) is 4.39 Å². The predicted octanol–water partition coefficient (Wildman–Crippen LogP) is 4.95. The maximum atomic E-state index is 12.8. The van der Waals surface area contributed by atoms with Gasteiger partial charge in [0.05, 0.1) is 6.04 Å². The molecule has 0 saturated carbocycles. The first-order valence-corrected chi connectivity index (χ1v) is 8.91. The predicted molar refractivity (Wildman–Crippen MR) is 104 cm³/mol. The molecule has 2 atom stereocenters. The third-order valence-corrected chi connectivity index (χ3v) is 4.29. The second-order valence-electron chi connectivity index (χ2n) is 5.86. The molecule has 4 nitrogen and oxygen atoms in total. The van der Waals surface area contributed by atoms with Crippen LogP contribution in [0, 0.1) is 5.82 Å². The van der Waals surface area contributed by atoms with Crippen molar-refractivity contribution < 1.29 is 18.7 Å². The Kier molecular flexibility index (Phi) is 7.39. The molecule has 27 heavy (non-hydrogen) atoms. The fraction of sp³-hybridized carbons (Fsp3) is 0.200. The fourth-order valence-corrected chi connectivity index (χ4v) is 2.84. The second-order valence-corrected chi connectivity index (χ2v) is 6.70. The van der Waals surface area contributed by atoms with Crippen molar-refractivity contribution in [2.24, 2.45) is 0 Å². The van der Waals surface area contributed by atoms with Gasteiger partial charge in [0.2, 0.25) is 0 Å². The molecule has 2 aromatic rings. The van der Waals surface area contributed by atoms with E-state index in [1.165, 1.54) is 43.3 Å². The number of benzene rings is 2. The van der Waals surface area contributed by atoms with Crippen LogP contribution in [0.15, 0.2) is 48.5 Å². The molecule has 7 heteroatoms. The molecule has 0 fully saturated rings. The van der Waals surface area contributed by atoms with Gasteiger partial charge in [-0.25, -0.2) is 9.18 Å². The number of hydrogen-bond donors (Lipinski definition) is 1. The molecule has 0 unspecified atom stereocenters. The van der Waals surface area contributed by atoms with Crippen LogP contribution in [0.3, 0.4) is 0 Å². The van der Waals surface area contributed by atoms with Crippen molar-refractivity contribution in [1.82, 2.24) is 5.32 Å². The van der Waals surface area contributed by atoms with Crippen LogP contribution < -0.4 is 5.32 Å². The van der Waals surface area contributed by atoms with Crippen molar-refractivity contribution >= 4 is 41.2 Å². The molecule has 1 N–H and O–H groups in total. The van der Waals surface area contributed by atoms with Gasteiger partial charge in [-0.1, -0.05) is 41.4 Å². The highest BCUT2D eigenvalue weighted by Gasteiger charge is 2.20. The number of carbonyl (C=O) groups excluding carboxylic acids is 2. The van der Waals surface area contributed by atoms with Gasteiger partial charge in [-0.3, -0.25) is 4.79 Å². The van der Waals surface area contributed by atoms with E-state index < -0.39 is 24.0 Å². The number of halogens is 3. The highest BCUT2D eigenvalue weighted by Crippen LogP contribution is 2.26. The summed E-state index contributed by atoms with van der Waals surface area (Å²) in [7, 11) is 0. The topological polar surface area (TPSA) is 55.4 Å². The normalized spacial score (nSPS) is 13.2. The van der Waals surface area contributed by atoms with Crippen molar-refractivity contribution in [3.05, 3.63) is 75.5 Å². The minimum atomic E-state index is -0.996. The van der Waals surface area contributed by atoms with Crippen molar-refractivity contribution in [3.8, 4) is 0 Å². The molecule has 0 aromatic heterocycles. The van der Waals surface area contributed by atoms with Crippen LogP contribution in [0.1, 0.15) is 31.0 Å². The molecule has 0 radical (unpaired) electrons. The van der Waals surface area contributed by atoms with Crippen LogP contribution in [0.2, 0.25) is 10.0 Å². The van der Waals surface area contributed by atoms with Crippen LogP contribution in [0.5, 0.6) is 0 Å². The van der Waals surface area contributed by atoms with E-state index in [0.29, 0.717) is 21.2 Å². The van der Waals surface area contributed by atoms with Gasteiger partial charge in [-0.05, 0) is 55.3 Å². The van der Waals surface area contributed by atoms with E-state index in [9.17, 15) is 14.0 Å². The van der Waals surface area contributed by atoms with Gasteiger partial charge in [0, 0.05) is 16.1 Å². The van der Waals surface area contributed by atoms with E-state index >= 15 is 0 Å². The summed E-state index contributed by atoms with van der Waals surface area (Å²) < 4.78 is 17.9. The maximum Gasteiger partial charge on any atom is 0.331 e. The van der Waals surface area contributed by atoms with E-state index in [4.69, 9.17) is 27.9 Å². The summed E-state index contributed by atoms with van der Waals surface area (Å²) in [4.78, 5) is 24.1. The number of hydrogen-bond acceptors (Lipinski definition) is 3. The van der Waals surface area contributed by atoms with E-state index in [0.717, 1.165) is 0 Å². The lowest BCUT2D eigenvalue weighted by Crippen LogP contribution is -2.37. The Morgan fingerprint density at radius 1 is 1.11 bits per heavy atom. The summed E-state index contributed by atoms with van der Waals surface area (Å²) in [6.45, 7) is 3.23. The number of rotatable bonds is 6. The summed E-state index contributed by atoms with van der Waals surface area (Å²) in [6.07, 6.45) is 1.66. The number of ether oxygens (including phenoxy) is 1. The molecule has 0 aliphatic heterocycles. The maximum absolute atomic E-state index is 12.8. The summed E-state index contributed by atoms with van der Waals surface area (Å²) in [5.74, 6) is -1.51. The largest absolute Gasteiger partial charge is 0.449 e. The number of amides is 1. The lowest BCUT2D eigenvalue weighted by Gasteiger charge is -2.19. The molecular weight excluding hydrogens is 392 g/mol. The number of esters is 1. The van der Waals surface area contributed by atoms with Crippen molar-refractivity contribution in [1.29, 1.82) is 0 Å². The molecule has 0 aliphatic rings. The average molecular weight is 410 g/mol. The van der Waals surface area contributed by atoms with Crippen molar-refractivity contribution in [3.63, 3.8) is 0 Å². The second kappa shape index (κ2) is 9.53. The molecule has 1 amide bonds. The monoisotopic (exact) mass is 409 g/mol. The van der Waals surface area contributed by atoms with E-state index in [2.05, 4.69) is 5.32 Å². The fourth-order valence-electron chi connectivity index (χ4n) is 2.27. The minimum absolute atomic E-state index is 0.366. The van der Waals surface area contributed by atoms with Gasteiger partial charge < -0.3 is 10.1 Å². The van der Waals surface area contributed by atoms with E-state index in [1.54, 1.807) is 25.1 Å². The Labute approximate surface area is 166 Å². The van der Waals surface area contributed by atoms with Crippen LogP contribution in [0.25, 0.3) is 6.08 Å². The zero-order valence-corrected chi connectivity index (χ0v) is 16.2. The summed E-state index contributed by atoms with van der Waals surface area (Å²) in [5.41, 5.74) is 1.33. The Morgan fingerprint density at radius 2 is 1.78 bits per heavy atom. The highest BCUT2D eigenvalue weighted by molar-refractivity contribution is 6.35. The van der Waals surface area contributed by atoms with E-state index in [1.807, 2.05) is 0 Å². The number of nitrogens with one attached hydrogen (secondary N) is 1. The summed E-state index contributed by atoms with van der Waals surface area (Å²) in [5, 5.41) is 3.66. The lowest BCUT2D eigenvalue weighted by molar-refractivity contribution is -0.150. The zero-order chi connectivity index (χ0) is 20.0. The van der Waals surface area contributed by atoms with Crippen LogP contribution in [-0.2, 0) is 14.3 Å². The Morgan fingerprint density at radius 3 is 2.41 bits per heavy atom. The molecule has 0 bridgehead atoms. The molecule has 2 aromatic carbocycles. The Balaban J connectivity index is 1.90. The van der Waals surface area contributed by atoms with Gasteiger partial charge in [0.25, 0.3) is 5.91 Å². The van der Waals surface area contributed by atoms with Gasteiger partial charge in [0.1, 0.15) is 5.82 Å². The quantitative estimate of drug-likeness (QED) is 0.541. The lowest BCUT2D eigenvalue weighted by atomic mass is 10.1. The molecule has 0 saturated heterocycles. The molecule has 2 rings (SSSR count). The first-order valence-electron chi connectivity index (χ1n) is 8.16. The minimum Gasteiger partial charge on any atom is -0.449 e. The van der Waals surface area contributed by atoms with Gasteiger partial charge in [0.15, 0.2) is 6.10 Å². The van der Waals surface area contributed by atoms with Crippen LogP contribution >= 0.6 is 23.2 Å². The SMILES string of the molecule is C[C@@H](OC(=O)/C=C/c1ccc(F)cc1)C(=O)N[C@H](C)c1ccc(Cl)cc1Cl. The summed E-state index contributed by atoms with van der Waals surface area (Å²) in [6, 6.07) is 10.2. The third-order valence-electron chi connectivity index (χ3n) is 3.73. The molecule has 0 spiro atoms. The Hall–Kier alpha value is -2.37. The molecule has 0 aliphatic carbocycles. The highest BCUT2D eigenvalue weighted by atomic mass is 35.5. The van der Waals surface area contributed by atoms with Crippen molar-refractivity contribution in [2.75, 3.05) is 0 Å². The van der Waals surface area contributed by atoms with Crippen molar-refractivity contribution in [2.45, 2.75) is 26.0 Å². The van der Waals surface area contributed by atoms with Crippen LogP contribution in [-0.4, -0.2) is 18.0 Å². The Bertz CT molecular complexity index is 853. The molecular formula is C20H18Cl2FNO3. The van der Waals surface area contributed by atoms with E-state index in [-0.39, 0.29) is 5.82 Å². The van der Waals surface area contributed by atoms with Gasteiger partial charge in [-0.2, -0.15) is 0 Å². The first kappa shape index (κ1) is 20.9. The zero-order valence-electron chi connectivity index (χ0n) is 14.7. The molecule has 0 heterocycles. The smallest absolute Gasteiger partial charge is 0.331 e. The molecule has 142 valence electrons. The average Bonchev–Trinajstić information content (AvgIpc) is 2.61. The standard InChI is InChI=1S/C20H18Cl2FNO3/c1-12(17-9-6-15(21)11-18(17)22)24-20(26)13(2)27-19(25)10-5-14-3-7-16(23)8-4-14/h3-13H,1-2H3,(H,24,26)/b10-5+/t12-,13-/m1/s1. The van der Waals surface area contributed by atoms with Gasteiger partial charge in [-0.15, -0.1) is 0 Å². The van der Waals surface area contributed by atoms with Gasteiger partial charge >= 0.3 is 5.97 Å².